The van der Waals surface area contributed by atoms with E-state index in [2.05, 4.69) is 52.8 Å². The Kier molecular flexibility index (Phi) is 6.15. The van der Waals surface area contributed by atoms with Crippen molar-refractivity contribution in [1.29, 1.82) is 0 Å². The van der Waals surface area contributed by atoms with E-state index < -0.39 is 0 Å². The molecule has 0 saturated carbocycles. The number of rotatable bonds is 6. The molecular weight excluding hydrogens is 380 g/mol. The number of carbonyl (C=O) groups excluding carboxylic acids is 1. The van der Waals surface area contributed by atoms with Crippen molar-refractivity contribution in [1.82, 2.24) is 4.98 Å². The number of esters is 1. The number of fused-ring (bicyclic) bond motifs is 1. The van der Waals surface area contributed by atoms with E-state index in [1.807, 2.05) is 6.07 Å². The van der Waals surface area contributed by atoms with E-state index in [1.165, 1.54) is 34.4 Å². The molecule has 1 unspecified atom stereocenters. The summed E-state index contributed by atoms with van der Waals surface area (Å²) in [5, 5.41) is 3.43. The van der Waals surface area contributed by atoms with Gasteiger partial charge >= 0.3 is 5.97 Å². The first-order valence-corrected chi connectivity index (χ1v) is 10.7. The van der Waals surface area contributed by atoms with Crippen LogP contribution in [0.4, 0.5) is 5.69 Å². The highest BCUT2D eigenvalue weighted by molar-refractivity contribution is 7.99. The van der Waals surface area contributed by atoms with Crippen LogP contribution in [0.5, 0.6) is 0 Å². The van der Waals surface area contributed by atoms with Gasteiger partial charge in [-0.15, -0.1) is 0 Å². The molecule has 1 aliphatic carbocycles. The zero-order valence-corrected chi connectivity index (χ0v) is 17.2. The van der Waals surface area contributed by atoms with Gasteiger partial charge in [0, 0.05) is 28.5 Å². The SMILES string of the molecule is COC(=O)c1ccncc1NCC1CCCc2cc(Sc3ccccc3)ccc21. The van der Waals surface area contributed by atoms with Crippen LogP contribution in [-0.4, -0.2) is 24.6 Å². The number of methoxy groups -OCH3 is 1. The molecule has 4 nitrogen and oxygen atoms in total. The molecule has 0 amide bonds. The van der Waals surface area contributed by atoms with Gasteiger partial charge in [0.25, 0.3) is 0 Å². The Morgan fingerprint density at radius 3 is 2.86 bits per heavy atom. The van der Waals surface area contributed by atoms with Crippen molar-refractivity contribution >= 4 is 23.4 Å². The lowest BCUT2D eigenvalue weighted by Crippen LogP contribution is -2.19. The van der Waals surface area contributed by atoms with Crippen molar-refractivity contribution in [3.63, 3.8) is 0 Å². The molecule has 5 heteroatoms. The van der Waals surface area contributed by atoms with E-state index in [-0.39, 0.29) is 5.97 Å². The summed E-state index contributed by atoms with van der Waals surface area (Å²) in [6.07, 6.45) is 6.74. The quantitative estimate of drug-likeness (QED) is 0.546. The minimum absolute atomic E-state index is 0.346. The van der Waals surface area contributed by atoms with Crippen LogP contribution < -0.4 is 5.32 Å². The predicted octanol–water partition coefficient (Wildman–Crippen LogP) is 5.55. The van der Waals surface area contributed by atoms with Crippen LogP contribution in [0.3, 0.4) is 0 Å². The number of hydrogen-bond acceptors (Lipinski definition) is 5. The highest BCUT2D eigenvalue weighted by Gasteiger charge is 2.21. The maximum absolute atomic E-state index is 12.0. The fourth-order valence-corrected chi connectivity index (χ4v) is 4.75. The Bertz CT molecular complexity index is 991. The molecule has 0 spiro atoms. The summed E-state index contributed by atoms with van der Waals surface area (Å²) in [6.45, 7) is 0.772. The number of anilines is 1. The molecule has 0 aliphatic heterocycles. The van der Waals surface area contributed by atoms with Gasteiger partial charge in [0.2, 0.25) is 0 Å². The largest absolute Gasteiger partial charge is 0.465 e. The Balaban J connectivity index is 1.48. The summed E-state index contributed by atoms with van der Waals surface area (Å²) in [6, 6.07) is 19.0. The zero-order valence-electron chi connectivity index (χ0n) is 16.4. The van der Waals surface area contributed by atoms with Crippen LogP contribution in [0.15, 0.2) is 76.8 Å². The monoisotopic (exact) mass is 404 g/mol. The lowest BCUT2D eigenvalue weighted by molar-refractivity contribution is 0.0601. The van der Waals surface area contributed by atoms with Crippen molar-refractivity contribution in [2.75, 3.05) is 19.0 Å². The number of nitrogens with zero attached hydrogens (tertiary/aromatic N) is 1. The fourth-order valence-electron chi connectivity index (χ4n) is 3.85. The highest BCUT2D eigenvalue weighted by atomic mass is 32.2. The topological polar surface area (TPSA) is 51.2 Å². The summed E-state index contributed by atoms with van der Waals surface area (Å²) in [4.78, 5) is 18.7. The number of aryl methyl sites for hydroxylation is 1. The van der Waals surface area contributed by atoms with Gasteiger partial charge in [-0.1, -0.05) is 36.0 Å². The average Bonchev–Trinajstić information content (AvgIpc) is 2.78. The number of hydrogen-bond donors (Lipinski definition) is 1. The van der Waals surface area contributed by atoms with Gasteiger partial charge in [-0.2, -0.15) is 0 Å². The maximum atomic E-state index is 12.0. The van der Waals surface area contributed by atoms with Gasteiger partial charge in [0.15, 0.2) is 0 Å². The van der Waals surface area contributed by atoms with Crippen LogP contribution in [0, 0.1) is 0 Å². The molecule has 29 heavy (non-hydrogen) atoms. The minimum atomic E-state index is -0.346. The van der Waals surface area contributed by atoms with Gasteiger partial charge in [0.05, 0.1) is 24.6 Å². The lowest BCUT2D eigenvalue weighted by atomic mass is 9.83. The van der Waals surface area contributed by atoms with Gasteiger partial charge < -0.3 is 10.1 Å². The van der Waals surface area contributed by atoms with E-state index in [4.69, 9.17) is 4.74 Å². The fraction of sp³-hybridized carbons (Fsp3) is 0.250. The Morgan fingerprint density at radius 1 is 1.17 bits per heavy atom. The van der Waals surface area contributed by atoms with E-state index in [0.717, 1.165) is 25.1 Å². The molecule has 1 heterocycles. The second-order valence-corrected chi connectivity index (χ2v) is 8.31. The molecule has 1 N–H and O–H groups in total. The Labute approximate surface area is 175 Å². The predicted molar refractivity (Wildman–Crippen MR) is 117 cm³/mol. The normalized spacial score (nSPS) is 15.4. The number of carbonyl (C=O) groups is 1. The third-order valence-corrected chi connectivity index (χ3v) is 6.29. The van der Waals surface area contributed by atoms with E-state index in [0.29, 0.717) is 11.5 Å². The smallest absolute Gasteiger partial charge is 0.340 e. The number of pyridine rings is 1. The first kappa shape index (κ1) is 19.5. The number of nitrogens with one attached hydrogen (secondary N) is 1. The van der Waals surface area contributed by atoms with Crippen molar-refractivity contribution in [3.8, 4) is 0 Å². The minimum Gasteiger partial charge on any atom is -0.465 e. The molecule has 0 saturated heterocycles. The third-order valence-electron chi connectivity index (χ3n) is 5.30. The van der Waals surface area contributed by atoms with Crippen molar-refractivity contribution in [2.45, 2.75) is 35.0 Å². The maximum Gasteiger partial charge on any atom is 0.340 e. The molecule has 1 aromatic heterocycles. The van der Waals surface area contributed by atoms with E-state index in [1.54, 1.807) is 30.2 Å². The van der Waals surface area contributed by atoms with Gasteiger partial charge in [-0.25, -0.2) is 4.79 Å². The molecule has 3 aromatic rings. The van der Waals surface area contributed by atoms with E-state index in [9.17, 15) is 4.79 Å². The van der Waals surface area contributed by atoms with Gasteiger partial charge in [-0.3, -0.25) is 4.98 Å². The van der Waals surface area contributed by atoms with E-state index >= 15 is 0 Å². The van der Waals surface area contributed by atoms with Crippen LogP contribution >= 0.6 is 11.8 Å². The molecule has 0 radical (unpaired) electrons. The first-order valence-electron chi connectivity index (χ1n) is 9.86. The standard InChI is InChI=1S/C24H24N2O2S/c1-28-24(27)22-12-13-25-16-23(22)26-15-18-7-5-6-17-14-20(10-11-21(17)18)29-19-8-3-2-4-9-19/h2-4,8-14,16,18,26H,5-7,15H2,1H3. The molecule has 1 atom stereocenters. The van der Waals surface area contributed by atoms with Crippen molar-refractivity contribution in [2.24, 2.45) is 0 Å². The van der Waals surface area contributed by atoms with Crippen molar-refractivity contribution in [3.05, 3.63) is 83.7 Å². The number of benzene rings is 2. The summed E-state index contributed by atoms with van der Waals surface area (Å²) >= 11 is 1.80. The summed E-state index contributed by atoms with van der Waals surface area (Å²) < 4.78 is 4.88. The van der Waals surface area contributed by atoms with Crippen molar-refractivity contribution < 1.29 is 9.53 Å². The summed E-state index contributed by atoms with van der Waals surface area (Å²) in [5.41, 5.74) is 4.09. The summed E-state index contributed by atoms with van der Waals surface area (Å²) in [7, 11) is 1.40. The molecule has 2 aromatic carbocycles. The molecule has 1 aliphatic rings. The molecular formula is C24H24N2O2S. The number of ether oxygens (including phenoxy) is 1. The van der Waals surface area contributed by atoms with Gasteiger partial charge in [0.1, 0.15) is 0 Å². The molecule has 0 fully saturated rings. The van der Waals surface area contributed by atoms with Gasteiger partial charge in [-0.05, 0) is 60.7 Å². The zero-order chi connectivity index (χ0) is 20.1. The van der Waals surface area contributed by atoms with Crippen LogP contribution in [0.1, 0.15) is 40.2 Å². The average molecular weight is 405 g/mol. The second-order valence-electron chi connectivity index (χ2n) is 7.16. The molecule has 148 valence electrons. The molecule has 0 bridgehead atoms. The van der Waals surface area contributed by atoms with Crippen LogP contribution in [0.25, 0.3) is 0 Å². The summed E-state index contributed by atoms with van der Waals surface area (Å²) in [5.74, 6) is 0.0711. The Morgan fingerprint density at radius 2 is 2.03 bits per heavy atom. The number of aromatic nitrogens is 1. The molecule has 4 rings (SSSR count). The van der Waals surface area contributed by atoms with Crippen LogP contribution in [-0.2, 0) is 11.2 Å². The van der Waals surface area contributed by atoms with Crippen LogP contribution in [0.2, 0.25) is 0 Å². The Hall–Kier alpha value is -2.79. The highest BCUT2D eigenvalue weighted by Crippen LogP contribution is 2.36. The third kappa shape index (κ3) is 4.62. The second kappa shape index (κ2) is 9.14. The first-order chi connectivity index (χ1) is 14.2. The lowest BCUT2D eigenvalue weighted by Gasteiger charge is -2.27.